The number of aryl methyl sites for hydroxylation is 1. The van der Waals surface area contributed by atoms with Crippen molar-refractivity contribution in [3.05, 3.63) is 90.0 Å². The zero-order valence-corrected chi connectivity index (χ0v) is 29.1. The van der Waals surface area contributed by atoms with E-state index >= 15 is 0 Å². The van der Waals surface area contributed by atoms with Crippen LogP contribution in [0.25, 0.3) is 0 Å². The molecule has 2 amide bonds. The maximum atomic E-state index is 13.4. The molecule has 1 aliphatic heterocycles. The first kappa shape index (κ1) is 36.5. The lowest BCUT2D eigenvalue weighted by molar-refractivity contribution is -0.192. The number of hydrogen-bond donors (Lipinski definition) is 2. The molecule has 1 saturated heterocycles. The number of halogens is 3. The summed E-state index contributed by atoms with van der Waals surface area (Å²) in [6, 6.07) is 27.1. The Morgan fingerprint density at radius 1 is 0.875 bits per heavy atom. The minimum absolute atomic E-state index is 0.0364. The van der Waals surface area contributed by atoms with Crippen LogP contribution < -0.4 is 20.1 Å². The number of carboxylic acids is 1. The Labute approximate surface area is 280 Å². The highest BCUT2D eigenvalue weighted by Crippen LogP contribution is 2.42. The van der Waals surface area contributed by atoms with Crippen LogP contribution in [0.5, 0.6) is 5.75 Å². The number of carboxylic acid groups (broad SMARTS) is 1. The highest BCUT2D eigenvalue weighted by Gasteiger charge is 2.52. The molecule has 12 heteroatoms. The molecule has 1 unspecified atom stereocenters. The van der Waals surface area contributed by atoms with Crippen molar-refractivity contribution in [3.8, 4) is 5.75 Å². The molecule has 2 N–H and O–H groups in total. The standard InChI is InChI=1S/C34H42N2O4Si.C2HF3O2/c1-33(2,3)39-32(38)35-29-21-22-36(31(29)37)30-20-18-24-17-19-25(23-28(24)30)40-41(34(4,5)6,26-13-9-7-10-14-26)27-15-11-8-12-16-27;3-2(4,5)1(6)7/h7-17,19,23,29-30H,18,20-22H2,1-6H3,(H,35,38);(H,6,7)/t29-,30?;/m1./s1. The lowest BCUT2D eigenvalue weighted by Crippen LogP contribution is -2.68. The van der Waals surface area contributed by atoms with Gasteiger partial charge in [-0.05, 0) is 78.7 Å². The Morgan fingerprint density at radius 3 is 1.90 bits per heavy atom. The molecular formula is C36H43F3N2O6Si. The highest BCUT2D eigenvalue weighted by molar-refractivity contribution is 7.00. The van der Waals surface area contributed by atoms with Crippen molar-refractivity contribution in [2.75, 3.05) is 6.54 Å². The van der Waals surface area contributed by atoms with Gasteiger partial charge in [0.2, 0.25) is 5.91 Å². The number of carbonyl (C=O) groups excluding carboxylic acids is 2. The van der Waals surface area contributed by atoms with Gasteiger partial charge in [0.25, 0.3) is 0 Å². The van der Waals surface area contributed by atoms with Crippen LogP contribution in [0, 0.1) is 0 Å². The Balaban J connectivity index is 0.000000671. The second-order valence-electron chi connectivity index (χ2n) is 14.0. The number of carbonyl (C=O) groups is 3. The molecule has 3 aromatic carbocycles. The fraction of sp³-hybridized carbons (Fsp3) is 0.417. The quantitative estimate of drug-likeness (QED) is 0.293. The lowest BCUT2D eigenvalue weighted by Gasteiger charge is -2.43. The molecule has 0 saturated carbocycles. The number of amides is 2. The second-order valence-corrected chi connectivity index (χ2v) is 18.2. The summed E-state index contributed by atoms with van der Waals surface area (Å²) in [4.78, 5) is 36.6. The first-order valence-electron chi connectivity index (χ1n) is 15.9. The van der Waals surface area contributed by atoms with E-state index in [4.69, 9.17) is 19.1 Å². The number of aliphatic carboxylic acids is 1. The van der Waals surface area contributed by atoms with Crippen molar-refractivity contribution in [1.29, 1.82) is 0 Å². The van der Waals surface area contributed by atoms with Crippen molar-refractivity contribution in [2.45, 2.75) is 89.7 Å². The average Bonchev–Trinajstić information content (AvgIpc) is 3.57. The van der Waals surface area contributed by atoms with Crippen molar-refractivity contribution < 1.29 is 41.8 Å². The van der Waals surface area contributed by atoms with E-state index in [-0.39, 0.29) is 17.0 Å². The summed E-state index contributed by atoms with van der Waals surface area (Å²) >= 11 is 0. The maximum absolute atomic E-state index is 13.4. The molecule has 8 nitrogen and oxygen atoms in total. The Bertz CT molecular complexity index is 1560. The Hall–Kier alpha value is -4.32. The summed E-state index contributed by atoms with van der Waals surface area (Å²) in [5.74, 6) is -1.97. The van der Waals surface area contributed by atoms with Gasteiger partial charge >= 0.3 is 26.6 Å². The summed E-state index contributed by atoms with van der Waals surface area (Å²) in [5.41, 5.74) is 1.78. The van der Waals surface area contributed by atoms with Gasteiger partial charge in [-0.1, -0.05) is 87.5 Å². The van der Waals surface area contributed by atoms with Crippen molar-refractivity contribution in [1.82, 2.24) is 10.2 Å². The van der Waals surface area contributed by atoms with Gasteiger partial charge in [-0.15, -0.1) is 0 Å². The fourth-order valence-corrected chi connectivity index (χ4v) is 10.8. The largest absolute Gasteiger partial charge is 0.534 e. The number of likely N-dealkylation sites (tertiary alicyclic amines) is 1. The summed E-state index contributed by atoms with van der Waals surface area (Å²) in [7, 11) is -2.78. The van der Waals surface area contributed by atoms with E-state index in [9.17, 15) is 22.8 Å². The van der Waals surface area contributed by atoms with Crippen LogP contribution in [0.2, 0.25) is 5.04 Å². The number of nitrogens with zero attached hydrogens (tertiary/aromatic N) is 1. The number of rotatable bonds is 6. The highest BCUT2D eigenvalue weighted by atomic mass is 28.4. The van der Waals surface area contributed by atoms with Gasteiger partial charge in [0.1, 0.15) is 17.4 Å². The monoisotopic (exact) mass is 684 g/mol. The normalized spacial score (nSPS) is 18.0. The van der Waals surface area contributed by atoms with Crippen molar-refractivity contribution in [2.24, 2.45) is 0 Å². The summed E-state index contributed by atoms with van der Waals surface area (Å²) in [6.07, 6.45) is -3.29. The minimum Gasteiger partial charge on any atom is -0.534 e. The smallest absolute Gasteiger partial charge is 0.490 e. The van der Waals surface area contributed by atoms with Crippen LogP contribution in [0.3, 0.4) is 0 Å². The van der Waals surface area contributed by atoms with Crippen LogP contribution in [0.15, 0.2) is 78.9 Å². The van der Waals surface area contributed by atoms with E-state index in [1.54, 1.807) is 0 Å². The molecule has 3 aromatic rings. The van der Waals surface area contributed by atoms with Gasteiger partial charge in [0.05, 0.1) is 6.04 Å². The van der Waals surface area contributed by atoms with Crippen LogP contribution in [-0.2, 0) is 20.7 Å². The SMILES string of the molecule is CC(C)(C)OC(=O)N[C@@H]1CCN(C2CCc3ccc(O[Si](c4ccccc4)(c4ccccc4)C(C)(C)C)cc32)C1=O.O=C(O)C(F)(F)F. The van der Waals surface area contributed by atoms with Gasteiger partial charge in [0, 0.05) is 6.54 Å². The number of alkyl halides is 3. The molecule has 258 valence electrons. The van der Waals surface area contributed by atoms with Gasteiger partial charge in [-0.3, -0.25) is 4.79 Å². The number of hydrogen-bond acceptors (Lipinski definition) is 5. The maximum Gasteiger partial charge on any atom is 0.490 e. The molecule has 0 radical (unpaired) electrons. The molecule has 0 bridgehead atoms. The minimum atomic E-state index is -5.08. The third-order valence-electron chi connectivity index (χ3n) is 8.40. The molecule has 1 heterocycles. The molecule has 0 aromatic heterocycles. The van der Waals surface area contributed by atoms with Gasteiger partial charge in [-0.2, -0.15) is 13.2 Å². The zero-order chi connectivity index (χ0) is 35.5. The third-order valence-corrected chi connectivity index (χ3v) is 13.3. The van der Waals surface area contributed by atoms with E-state index in [2.05, 4.69) is 92.8 Å². The lowest BCUT2D eigenvalue weighted by atomic mass is 10.1. The fourth-order valence-electron chi connectivity index (χ4n) is 6.37. The van der Waals surface area contributed by atoms with Gasteiger partial charge in [-0.25, -0.2) is 9.59 Å². The molecule has 2 atom stereocenters. The van der Waals surface area contributed by atoms with Crippen molar-refractivity contribution in [3.63, 3.8) is 0 Å². The molecular weight excluding hydrogens is 641 g/mol. The van der Waals surface area contributed by atoms with E-state index < -0.39 is 38.2 Å². The zero-order valence-electron chi connectivity index (χ0n) is 28.1. The number of nitrogens with one attached hydrogen (secondary N) is 1. The third kappa shape index (κ3) is 8.20. The number of benzene rings is 3. The molecule has 2 aliphatic rings. The summed E-state index contributed by atoms with van der Waals surface area (Å²) in [6.45, 7) is 12.9. The molecule has 1 fully saturated rings. The van der Waals surface area contributed by atoms with Gasteiger partial charge < -0.3 is 24.5 Å². The predicted molar refractivity (Wildman–Crippen MR) is 179 cm³/mol. The van der Waals surface area contributed by atoms with Crippen LogP contribution in [0.4, 0.5) is 18.0 Å². The van der Waals surface area contributed by atoms with E-state index in [0.29, 0.717) is 13.0 Å². The summed E-state index contributed by atoms with van der Waals surface area (Å²) in [5, 5.41) is 12.2. The second kappa shape index (κ2) is 14.0. The molecule has 48 heavy (non-hydrogen) atoms. The van der Waals surface area contributed by atoms with Crippen LogP contribution >= 0.6 is 0 Å². The van der Waals surface area contributed by atoms with Crippen LogP contribution in [0.1, 0.15) is 71.6 Å². The van der Waals surface area contributed by atoms with E-state index in [1.807, 2.05) is 37.8 Å². The van der Waals surface area contributed by atoms with E-state index in [1.165, 1.54) is 15.9 Å². The number of ether oxygens (including phenoxy) is 1. The molecule has 0 spiro atoms. The topological polar surface area (TPSA) is 105 Å². The Morgan fingerprint density at radius 2 is 1.42 bits per heavy atom. The van der Waals surface area contributed by atoms with Crippen molar-refractivity contribution >= 4 is 36.7 Å². The van der Waals surface area contributed by atoms with Gasteiger partial charge in [0.15, 0.2) is 0 Å². The van der Waals surface area contributed by atoms with Crippen LogP contribution in [-0.4, -0.2) is 60.7 Å². The number of alkyl carbamates (subject to hydrolysis) is 1. The summed E-state index contributed by atoms with van der Waals surface area (Å²) < 4.78 is 44.4. The average molecular weight is 685 g/mol. The Kier molecular flexibility index (Phi) is 10.7. The van der Waals surface area contributed by atoms with E-state index in [0.717, 1.165) is 24.2 Å². The predicted octanol–water partition coefficient (Wildman–Crippen LogP) is 6.37. The first-order valence-corrected chi connectivity index (χ1v) is 17.8. The molecule has 5 rings (SSSR count). The first-order chi connectivity index (χ1) is 22.3. The molecule has 1 aliphatic carbocycles. The number of fused-ring (bicyclic) bond motifs is 1.